The van der Waals surface area contributed by atoms with E-state index >= 15 is 0 Å². The van der Waals surface area contributed by atoms with Crippen molar-refractivity contribution in [3.05, 3.63) is 66.2 Å². The Labute approximate surface area is 200 Å². The number of amides is 1. The minimum Gasteiger partial charge on any atom is -0.494 e. The fraction of sp³-hybridized carbons (Fsp3) is 0.407. The zero-order valence-corrected chi connectivity index (χ0v) is 19.7. The number of rotatable bonds is 7. The number of ether oxygens (including phenoxy) is 2. The van der Waals surface area contributed by atoms with E-state index in [9.17, 15) is 9.59 Å². The van der Waals surface area contributed by atoms with Gasteiger partial charge in [0.25, 0.3) is 0 Å². The number of carboxylic acids is 1. The Kier molecular flexibility index (Phi) is 7.10. The van der Waals surface area contributed by atoms with Crippen molar-refractivity contribution in [2.24, 2.45) is 5.41 Å². The highest BCUT2D eigenvalue weighted by Gasteiger charge is 2.42. The van der Waals surface area contributed by atoms with Crippen molar-refractivity contribution in [3.8, 4) is 5.75 Å². The number of hydrogen-bond donors (Lipinski definition) is 1. The van der Waals surface area contributed by atoms with Crippen molar-refractivity contribution >= 4 is 23.4 Å². The van der Waals surface area contributed by atoms with Gasteiger partial charge in [-0.25, -0.2) is 9.59 Å². The second-order valence-corrected chi connectivity index (χ2v) is 9.05. The molecule has 0 aliphatic carbocycles. The van der Waals surface area contributed by atoms with Crippen LogP contribution in [0.5, 0.6) is 5.75 Å². The molecular formula is C27H32N2O5. The predicted molar refractivity (Wildman–Crippen MR) is 132 cm³/mol. The molecule has 7 heteroatoms. The molecule has 1 unspecified atom stereocenters. The zero-order valence-electron chi connectivity index (χ0n) is 19.7. The van der Waals surface area contributed by atoms with Crippen LogP contribution in [-0.2, 0) is 11.2 Å². The van der Waals surface area contributed by atoms with E-state index in [1.165, 1.54) is 23.4 Å². The lowest BCUT2D eigenvalue weighted by Crippen LogP contribution is -2.50. The Morgan fingerprint density at radius 1 is 1.21 bits per heavy atom. The van der Waals surface area contributed by atoms with E-state index in [0.717, 1.165) is 44.5 Å². The maximum atomic E-state index is 12.6. The molecule has 2 aliphatic rings. The summed E-state index contributed by atoms with van der Waals surface area (Å²) in [6, 6.07) is 12.6. The Hall–Kier alpha value is -3.48. The average Bonchev–Trinajstić information content (AvgIpc) is 3.05. The standard InChI is InChI=1S/C27H32N2O5/c1-3-6-20-9-12-23(33-4-2)17-24(20)28-15-5-13-27(14-16-28)18-29(26(32)34-19-27)22-10-7-21(8-11-22)25(30)31/h3,7-12,17H,1,4-6,13-16,18-19H2,2H3,(H,30,31). The minimum absolute atomic E-state index is 0.149. The molecule has 2 aromatic carbocycles. The first kappa shape index (κ1) is 23.7. The maximum absolute atomic E-state index is 12.6. The van der Waals surface area contributed by atoms with E-state index < -0.39 is 5.97 Å². The fourth-order valence-electron chi connectivity index (χ4n) is 4.94. The predicted octanol–water partition coefficient (Wildman–Crippen LogP) is 5.15. The number of carbonyl (C=O) groups is 2. The summed E-state index contributed by atoms with van der Waals surface area (Å²) in [5.74, 6) is -0.121. The van der Waals surface area contributed by atoms with Crippen molar-refractivity contribution in [1.82, 2.24) is 0 Å². The van der Waals surface area contributed by atoms with Gasteiger partial charge in [-0.3, -0.25) is 4.90 Å². The van der Waals surface area contributed by atoms with Crippen LogP contribution in [0.2, 0.25) is 0 Å². The lowest BCUT2D eigenvalue weighted by atomic mass is 9.80. The van der Waals surface area contributed by atoms with Gasteiger partial charge in [0.1, 0.15) is 12.4 Å². The molecule has 2 fully saturated rings. The highest BCUT2D eigenvalue weighted by Crippen LogP contribution is 2.39. The smallest absolute Gasteiger partial charge is 0.414 e. The van der Waals surface area contributed by atoms with Gasteiger partial charge >= 0.3 is 12.1 Å². The number of hydrogen-bond acceptors (Lipinski definition) is 5. The summed E-state index contributed by atoms with van der Waals surface area (Å²) >= 11 is 0. The second kappa shape index (κ2) is 10.2. The summed E-state index contributed by atoms with van der Waals surface area (Å²) in [5, 5.41) is 9.16. The summed E-state index contributed by atoms with van der Waals surface area (Å²) < 4.78 is 11.4. The van der Waals surface area contributed by atoms with Crippen molar-refractivity contribution in [1.29, 1.82) is 0 Å². The molecule has 0 radical (unpaired) electrons. The SMILES string of the molecule is C=CCc1ccc(OCC)cc1N1CCCC2(CC1)COC(=O)N(c1ccc(C(=O)O)cc1)C2. The van der Waals surface area contributed by atoms with E-state index in [1.54, 1.807) is 17.0 Å². The molecule has 2 heterocycles. The van der Waals surface area contributed by atoms with Crippen LogP contribution in [0.4, 0.5) is 16.2 Å². The van der Waals surface area contributed by atoms with E-state index in [4.69, 9.17) is 14.6 Å². The molecule has 4 rings (SSSR count). The minimum atomic E-state index is -0.989. The van der Waals surface area contributed by atoms with E-state index in [-0.39, 0.29) is 17.1 Å². The van der Waals surface area contributed by atoms with Gasteiger partial charge in [-0.1, -0.05) is 12.1 Å². The van der Waals surface area contributed by atoms with Gasteiger partial charge in [0.05, 0.1) is 12.2 Å². The van der Waals surface area contributed by atoms with E-state index in [1.807, 2.05) is 19.1 Å². The fourth-order valence-corrected chi connectivity index (χ4v) is 4.94. The third-order valence-electron chi connectivity index (χ3n) is 6.76. The van der Waals surface area contributed by atoms with E-state index in [2.05, 4.69) is 23.6 Å². The number of cyclic esters (lactones) is 1. The molecule has 1 amide bonds. The monoisotopic (exact) mass is 464 g/mol. The van der Waals surface area contributed by atoms with Gasteiger partial charge in [0.2, 0.25) is 0 Å². The Morgan fingerprint density at radius 2 is 2.00 bits per heavy atom. The maximum Gasteiger partial charge on any atom is 0.414 e. The van der Waals surface area contributed by atoms with Gasteiger partial charge in [0, 0.05) is 42.5 Å². The van der Waals surface area contributed by atoms with Crippen LogP contribution in [0, 0.1) is 5.41 Å². The molecule has 0 bridgehead atoms. The van der Waals surface area contributed by atoms with Crippen LogP contribution < -0.4 is 14.5 Å². The summed E-state index contributed by atoms with van der Waals surface area (Å²) in [5.41, 5.74) is 3.11. The average molecular weight is 465 g/mol. The number of carbonyl (C=O) groups excluding carboxylic acids is 1. The molecule has 180 valence electrons. The Balaban J connectivity index is 1.53. The van der Waals surface area contributed by atoms with Gasteiger partial charge in [0.15, 0.2) is 0 Å². The molecule has 0 aromatic heterocycles. The second-order valence-electron chi connectivity index (χ2n) is 9.05. The van der Waals surface area contributed by atoms with Crippen LogP contribution in [0.1, 0.15) is 42.1 Å². The normalized spacial score (nSPS) is 20.6. The lowest BCUT2D eigenvalue weighted by Gasteiger charge is -2.41. The molecule has 1 spiro atoms. The van der Waals surface area contributed by atoms with Gasteiger partial charge in [-0.15, -0.1) is 6.58 Å². The molecule has 34 heavy (non-hydrogen) atoms. The number of nitrogens with zero attached hydrogens (tertiary/aromatic N) is 2. The quantitative estimate of drug-likeness (QED) is 0.571. The molecule has 2 aromatic rings. The van der Waals surface area contributed by atoms with Gasteiger partial charge in [-0.2, -0.15) is 0 Å². The topological polar surface area (TPSA) is 79.3 Å². The summed E-state index contributed by atoms with van der Waals surface area (Å²) in [7, 11) is 0. The van der Waals surface area contributed by atoms with Crippen LogP contribution in [0.25, 0.3) is 0 Å². The van der Waals surface area contributed by atoms with Crippen molar-refractivity contribution in [2.45, 2.75) is 32.6 Å². The van der Waals surface area contributed by atoms with Crippen molar-refractivity contribution in [2.75, 3.05) is 42.6 Å². The van der Waals surface area contributed by atoms with Crippen LogP contribution in [0.3, 0.4) is 0 Å². The Bertz CT molecular complexity index is 1050. The number of carboxylic acid groups (broad SMARTS) is 1. The largest absolute Gasteiger partial charge is 0.494 e. The van der Waals surface area contributed by atoms with E-state index in [0.29, 0.717) is 25.4 Å². The number of aromatic carboxylic acids is 1. The highest BCUT2D eigenvalue weighted by molar-refractivity contribution is 5.91. The number of anilines is 2. The van der Waals surface area contributed by atoms with Crippen LogP contribution >= 0.6 is 0 Å². The zero-order chi connectivity index (χ0) is 24.1. The molecule has 0 saturated carbocycles. The lowest BCUT2D eigenvalue weighted by molar-refractivity contribution is 0.0556. The molecule has 1 N–H and O–H groups in total. The van der Waals surface area contributed by atoms with Gasteiger partial charge < -0.3 is 19.5 Å². The highest BCUT2D eigenvalue weighted by atomic mass is 16.6. The van der Waals surface area contributed by atoms with Crippen LogP contribution in [-0.4, -0.2) is 50.0 Å². The molecule has 2 aliphatic heterocycles. The molecular weight excluding hydrogens is 432 g/mol. The third kappa shape index (κ3) is 5.03. The first-order valence-electron chi connectivity index (χ1n) is 11.8. The van der Waals surface area contributed by atoms with Crippen molar-refractivity contribution in [3.63, 3.8) is 0 Å². The van der Waals surface area contributed by atoms with Crippen molar-refractivity contribution < 1.29 is 24.2 Å². The van der Waals surface area contributed by atoms with Crippen LogP contribution in [0.15, 0.2) is 55.1 Å². The number of benzene rings is 2. The number of allylic oxidation sites excluding steroid dienone is 1. The third-order valence-corrected chi connectivity index (χ3v) is 6.76. The molecule has 7 nitrogen and oxygen atoms in total. The first-order valence-corrected chi connectivity index (χ1v) is 11.8. The summed E-state index contributed by atoms with van der Waals surface area (Å²) in [6.45, 7) is 9.25. The first-order chi connectivity index (χ1) is 16.4. The summed E-state index contributed by atoms with van der Waals surface area (Å²) in [4.78, 5) is 27.8. The molecule has 2 saturated heterocycles. The Morgan fingerprint density at radius 3 is 2.71 bits per heavy atom. The summed E-state index contributed by atoms with van der Waals surface area (Å²) in [6.07, 6.45) is 5.15. The van der Waals surface area contributed by atoms with Gasteiger partial charge in [-0.05, 0) is 68.5 Å². The molecule has 1 atom stereocenters.